The molecular weight excluding hydrogens is 1130 g/mol. The van der Waals surface area contributed by atoms with E-state index in [4.69, 9.17) is 9.97 Å². The number of pyridine rings is 4. The Bertz CT molecular complexity index is 4090. The van der Waals surface area contributed by atoms with Gasteiger partial charge in [-0.15, -0.1) is 0 Å². The van der Waals surface area contributed by atoms with Crippen molar-refractivity contribution >= 4 is 33.6 Å². The van der Waals surface area contributed by atoms with Crippen molar-refractivity contribution in [3.05, 3.63) is 163 Å². The summed E-state index contributed by atoms with van der Waals surface area (Å²) in [4.78, 5) is 80.9. The first kappa shape index (κ1) is 61.3. The predicted molar refractivity (Wildman–Crippen MR) is 353 cm³/mol. The quantitative estimate of drug-likeness (QED) is 0.109. The second-order valence-corrected chi connectivity index (χ2v) is 26.2. The lowest BCUT2D eigenvalue weighted by Crippen LogP contribution is -2.42. The molecule has 4 saturated carbocycles. The largest absolute Gasteiger partial charge is 0.353 e. The molecule has 0 bridgehead atoms. The summed E-state index contributed by atoms with van der Waals surface area (Å²) in [5.74, 6) is 1.52. The van der Waals surface area contributed by atoms with E-state index in [9.17, 15) is 28.0 Å². The zero-order valence-corrected chi connectivity index (χ0v) is 53.3. The third-order valence-electron chi connectivity index (χ3n) is 19.6. The van der Waals surface area contributed by atoms with Gasteiger partial charge in [-0.1, -0.05) is 52.7 Å². The Morgan fingerprint density at radius 1 is 0.489 bits per heavy atom. The lowest BCUT2D eigenvalue weighted by Gasteiger charge is -2.31. The Morgan fingerprint density at radius 3 is 1.31 bits per heavy atom. The van der Waals surface area contributed by atoms with E-state index in [2.05, 4.69) is 38.8 Å². The summed E-state index contributed by atoms with van der Waals surface area (Å²) in [6.07, 6.45) is 23.1. The number of piperidine rings is 2. The maximum absolute atomic E-state index is 14.6. The van der Waals surface area contributed by atoms with Crippen molar-refractivity contribution in [1.29, 1.82) is 0 Å². The van der Waals surface area contributed by atoms with E-state index in [0.717, 1.165) is 155 Å². The van der Waals surface area contributed by atoms with Gasteiger partial charge in [-0.05, 0) is 235 Å². The molecule has 8 fully saturated rings. The van der Waals surface area contributed by atoms with Crippen LogP contribution in [0, 0.1) is 11.6 Å². The van der Waals surface area contributed by atoms with Gasteiger partial charge in [0.15, 0.2) is 0 Å². The fourth-order valence-electron chi connectivity index (χ4n) is 14.0. The molecule has 90 heavy (non-hydrogen) atoms. The minimum atomic E-state index is -0.429. The number of carbonyl (C=O) groups excluding carboxylic acids is 2. The monoisotopic (exact) mass is 1220 g/mol. The van der Waals surface area contributed by atoms with Gasteiger partial charge in [0.1, 0.15) is 34.3 Å². The Morgan fingerprint density at radius 2 is 0.922 bits per heavy atom. The number of benzene rings is 2. The maximum Gasteiger partial charge on any atom is 0.280 e. The topological polar surface area (TPSA) is 148 Å². The van der Waals surface area contributed by atoms with E-state index in [1.807, 2.05) is 69.3 Å². The third kappa shape index (κ3) is 12.9. The van der Waals surface area contributed by atoms with Crippen LogP contribution in [-0.2, 0) is 13.1 Å². The number of hydrogen-bond acceptors (Lipinski definition) is 8. The third-order valence-corrected chi connectivity index (χ3v) is 19.6. The van der Waals surface area contributed by atoms with E-state index < -0.39 is 11.6 Å². The average Bonchev–Trinajstić information content (AvgIpc) is 1.72. The number of aromatic amines is 2. The molecule has 16 heteroatoms. The van der Waals surface area contributed by atoms with Crippen molar-refractivity contribution in [2.45, 2.75) is 187 Å². The van der Waals surface area contributed by atoms with Crippen LogP contribution in [0.1, 0.15) is 222 Å². The molecule has 6 aromatic heterocycles. The number of nitrogens with zero attached hydrogens (tertiary/aromatic N) is 8. The zero-order chi connectivity index (χ0) is 62.3. The van der Waals surface area contributed by atoms with Crippen LogP contribution in [0.25, 0.3) is 55.7 Å². The van der Waals surface area contributed by atoms with E-state index >= 15 is 0 Å². The number of aromatic nitrogens is 6. The predicted octanol–water partition coefficient (Wildman–Crippen LogP) is 15.0. The summed E-state index contributed by atoms with van der Waals surface area (Å²) in [6, 6.07) is 21.3. The molecule has 16 rings (SSSR count). The average molecular weight is 1220 g/mol. The van der Waals surface area contributed by atoms with Crippen molar-refractivity contribution < 1.29 is 18.4 Å². The molecule has 2 aromatic carbocycles. The van der Waals surface area contributed by atoms with Crippen LogP contribution in [0.2, 0.25) is 0 Å². The van der Waals surface area contributed by atoms with Crippen molar-refractivity contribution in [3.63, 3.8) is 0 Å². The van der Waals surface area contributed by atoms with Gasteiger partial charge >= 0.3 is 0 Å². The van der Waals surface area contributed by atoms with Gasteiger partial charge in [-0.25, -0.2) is 18.7 Å². The van der Waals surface area contributed by atoms with Crippen LogP contribution in [-0.4, -0.2) is 112 Å². The normalized spacial score (nSPS) is 19.4. The molecule has 0 radical (unpaired) electrons. The fraction of sp³-hybridized carbons (Fsp3) is 0.486. The number of rotatable bonds is 14. The lowest BCUT2D eigenvalue weighted by atomic mass is 9.97. The van der Waals surface area contributed by atoms with Gasteiger partial charge < -0.3 is 19.8 Å². The fourth-order valence-corrected chi connectivity index (χ4v) is 14.0. The number of hydrogen-bond donors (Lipinski definition) is 2. The van der Waals surface area contributed by atoms with Gasteiger partial charge in [-0.2, -0.15) is 0 Å². The van der Waals surface area contributed by atoms with Crippen LogP contribution >= 0.6 is 0 Å². The van der Waals surface area contributed by atoms with Crippen LogP contribution in [0.5, 0.6) is 0 Å². The van der Waals surface area contributed by atoms with Gasteiger partial charge in [0.25, 0.3) is 22.9 Å². The van der Waals surface area contributed by atoms with E-state index in [1.54, 1.807) is 26.2 Å². The Labute approximate surface area is 527 Å². The summed E-state index contributed by atoms with van der Waals surface area (Å²) >= 11 is 0. The standard InChI is InChI=1S/C36H40FN5O2.C34H36FN5O2.2C2H6/c1-22-6-5-15-41(22)35(43)30-18-26(37)11-12-28(30)25-16-32(24-9-10-24)39-33(17-25)42-21-31(23-7-8-23)29-19-27(38-34(29)36(42)44)20-40-13-3-2-4-14-40;35-24-9-10-26(28(17-24)33(41)39-13-4-14-39)23-15-30(22-7-8-22)37-31(16-23)40-20-29(21-5-6-21)27-18-25(36-32(27)34(40)42)19-38-11-2-1-3-12-38;2*1-2/h11-12,16-19,21-24,38H,2-10,13-15,20H2,1H3;9-10,15-18,20-22,36H,1-8,11-14,19H2;2*1-2H3. The SMILES string of the molecule is CC.CC.CC1CCCN1C(=O)c1cc(F)ccc1-c1cc(C2CC2)nc(-n2cc(C3CC3)c3cc(CN4CCCCC4)[nH]c3c2=O)c1.O=C(c1cc(F)ccc1-c1cc(C2CC2)nc(-n2cc(C3CC3)c3cc(CN4CCCCC4)[nH]c3c2=O)c1)N1CCC1. The highest BCUT2D eigenvalue weighted by Gasteiger charge is 2.35. The molecule has 4 aliphatic carbocycles. The van der Waals surface area contributed by atoms with E-state index in [-0.39, 0.29) is 29.0 Å². The van der Waals surface area contributed by atoms with Crippen LogP contribution in [0.4, 0.5) is 8.78 Å². The summed E-state index contributed by atoms with van der Waals surface area (Å²) in [6.45, 7) is 18.2. The first-order valence-corrected chi connectivity index (χ1v) is 34.2. The minimum absolute atomic E-state index is 0.109. The number of halogens is 2. The summed E-state index contributed by atoms with van der Waals surface area (Å²) in [7, 11) is 0. The molecular formula is C74H88F2N10O4. The zero-order valence-electron chi connectivity index (χ0n) is 53.3. The smallest absolute Gasteiger partial charge is 0.280 e. The highest BCUT2D eigenvalue weighted by molar-refractivity contribution is 6.02. The van der Waals surface area contributed by atoms with Gasteiger partial charge in [0.05, 0.1) is 11.1 Å². The molecule has 1 unspecified atom stereocenters. The minimum Gasteiger partial charge on any atom is -0.353 e. The molecule has 2 amide bonds. The number of H-pyrrole nitrogens is 2. The van der Waals surface area contributed by atoms with E-state index in [0.29, 0.717) is 88.2 Å². The number of carbonyl (C=O) groups is 2. The molecule has 4 aliphatic heterocycles. The van der Waals surface area contributed by atoms with Gasteiger partial charge in [0.2, 0.25) is 0 Å². The Hall–Kier alpha value is -7.56. The Balaban J connectivity index is 0.000000157. The molecule has 1 atom stereocenters. The molecule has 0 spiro atoms. The van der Waals surface area contributed by atoms with Gasteiger partial charge in [0, 0.05) is 96.5 Å². The highest BCUT2D eigenvalue weighted by Crippen LogP contribution is 2.46. The second-order valence-electron chi connectivity index (χ2n) is 26.2. The van der Waals surface area contributed by atoms with Crippen LogP contribution < -0.4 is 11.1 Å². The molecule has 4 saturated heterocycles. The first-order valence-electron chi connectivity index (χ1n) is 34.2. The second kappa shape index (κ2) is 26.3. The van der Waals surface area contributed by atoms with Crippen molar-refractivity contribution in [1.82, 2.24) is 48.7 Å². The van der Waals surface area contributed by atoms with Crippen molar-refractivity contribution in [2.24, 2.45) is 0 Å². The molecule has 472 valence electrons. The number of likely N-dealkylation sites (tertiary alicyclic amines) is 4. The Kier molecular flexibility index (Phi) is 17.9. The summed E-state index contributed by atoms with van der Waals surface area (Å²) in [5, 5.41) is 2.07. The first-order chi connectivity index (χ1) is 43.9. The van der Waals surface area contributed by atoms with Gasteiger partial charge in [-0.3, -0.25) is 38.1 Å². The van der Waals surface area contributed by atoms with Crippen LogP contribution in [0.15, 0.2) is 94.8 Å². The number of fused-ring (bicyclic) bond motifs is 2. The molecule has 14 nitrogen and oxygen atoms in total. The van der Waals surface area contributed by atoms with E-state index in [1.165, 1.54) is 73.9 Å². The van der Waals surface area contributed by atoms with Crippen molar-refractivity contribution in [3.8, 4) is 33.9 Å². The van der Waals surface area contributed by atoms with Crippen molar-refractivity contribution in [2.75, 3.05) is 45.8 Å². The number of amides is 2. The summed E-state index contributed by atoms with van der Waals surface area (Å²) < 4.78 is 32.4. The number of nitrogens with one attached hydrogen (secondary N) is 2. The molecule has 2 N–H and O–H groups in total. The molecule has 8 aromatic rings. The highest BCUT2D eigenvalue weighted by atomic mass is 19.1. The van der Waals surface area contributed by atoms with Crippen LogP contribution in [0.3, 0.4) is 0 Å². The molecule has 8 aliphatic rings. The summed E-state index contributed by atoms with van der Waals surface area (Å²) in [5.41, 5.74) is 11.2. The lowest BCUT2D eigenvalue weighted by molar-refractivity contribution is 0.0651. The maximum atomic E-state index is 14.6. The molecule has 10 heterocycles.